The summed E-state index contributed by atoms with van der Waals surface area (Å²) in [6.07, 6.45) is 1.71. The maximum Gasteiger partial charge on any atom is 0.245 e. The van der Waals surface area contributed by atoms with E-state index in [0.29, 0.717) is 17.6 Å². The monoisotopic (exact) mass is 369 g/mol. The molecule has 0 fully saturated rings. The molecule has 2 heterocycles. The Kier molecular flexibility index (Phi) is 4.03. The van der Waals surface area contributed by atoms with Gasteiger partial charge in [0.1, 0.15) is 5.25 Å². The van der Waals surface area contributed by atoms with E-state index in [1.165, 1.54) is 6.92 Å². The van der Waals surface area contributed by atoms with Gasteiger partial charge in [0.15, 0.2) is 0 Å². The second kappa shape index (κ2) is 6.25. The number of amides is 1. The smallest absolute Gasteiger partial charge is 0.245 e. The van der Waals surface area contributed by atoms with E-state index in [1.807, 2.05) is 24.3 Å². The lowest BCUT2D eigenvalue weighted by Crippen LogP contribution is -2.44. The highest BCUT2D eigenvalue weighted by atomic mass is 32.2. The highest BCUT2D eigenvalue weighted by molar-refractivity contribution is 7.92. The Labute approximate surface area is 151 Å². The van der Waals surface area contributed by atoms with Gasteiger partial charge in [-0.3, -0.25) is 4.79 Å². The summed E-state index contributed by atoms with van der Waals surface area (Å²) in [6, 6.07) is 14.7. The van der Waals surface area contributed by atoms with Gasteiger partial charge in [-0.25, -0.2) is 13.4 Å². The van der Waals surface area contributed by atoms with Crippen LogP contribution in [0, 0.1) is 0 Å². The van der Waals surface area contributed by atoms with Crippen molar-refractivity contribution >= 4 is 32.5 Å². The number of carbonyl (C=O) groups is 1. The minimum Gasteiger partial charge on any atom is -0.329 e. The van der Waals surface area contributed by atoms with Crippen LogP contribution in [0.1, 0.15) is 18.9 Å². The van der Waals surface area contributed by atoms with Crippen LogP contribution in [0.2, 0.25) is 0 Å². The number of hydrogen-bond donors (Lipinski definition) is 1. The first-order chi connectivity index (χ1) is 12.5. The number of anilines is 1. The molecular weight excluding hydrogens is 350 g/mol. The summed E-state index contributed by atoms with van der Waals surface area (Å²) in [6.45, 7) is 1.96. The number of benzene rings is 2. The van der Waals surface area contributed by atoms with E-state index in [1.54, 1.807) is 29.2 Å². The number of para-hydroxylation sites is 3. The first-order valence-corrected chi connectivity index (χ1v) is 10.1. The summed E-state index contributed by atoms with van der Waals surface area (Å²) in [4.78, 5) is 21.6. The van der Waals surface area contributed by atoms with Gasteiger partial charge in [-0.15, -0.1) is 0 Å². The molecule has 1 aliphatic rings. The predicted octanol–water partition coefficient (Wildman–Crippen LogP) is 2.70. The molecule has 0 radical (unpaired) electrons. The molecule has 0 saturated carbocycles. The van der Waals surface area contributed by atoms with Gasteiger partial charge in [0.25, 0.3) is 0 Å². The van der Waals surface area contributed by atoms with Crippen molar-refractivity contribution < 1.29 is 13.2 Å². The van der Waals surface area contributed by atoms with Gasteiger partial charge in [-0.1, -0.05) is 30.3 Å². The van der Waals surface area contributed by atoms with E-state index in [0.717, 1.165) is 24.1 Å². The van der Waals surface area contributed by atoms with Crippen molar-refractivity contribution in [3.63, 3.8) is 0 Å². The molecule has 7 heteroatoms. The van der Waals surface area contributed by atoms with E-state index in [2.05, 4.69) is 9.97 Å². The number of fused-ring (bicyclic) bond motifs is 2. The fourth-order valence-corrected chi connectivity index (χ4v) is 4.55. The van der Waals surface area contributed by atoms with E-state index in [4.69, 9.17) is 0 Å². The van der Waals surface area contributed by atoms with Gasteiger partial charge in [0, 0.05) is 12.2 Å². The molecule has 0 bridgehead atoms. The van der Waals surface area contributed by atoms with Gasteiger partial charge in [0.05, 0.1) is 11.0 Å². The number of hydrogen-bond acceptors (Lipinski definition) is 4. The Hall–Kier alpha value is -2.67. The molecule has 3 aromatic rings. The van der Waals surface area contributed by atoms with Crippen LogP contribution in [0.5, 0.6) is 0 Å². The maximum absolute atomic E-state index is 13.0. The van der Waals surface area contributed by atoms with E-state index >= 15 is 0 Å². The minimum atomic E-state index is -3.91. The molecule has 1 aliphatic heterocycles. The molecule has 0 saturated heterocycles. The first-order valence-electron chi connectivity index (χ1n) is 8.56. The van der Waals surface area contributed by atoms with Gasteiger partial charge in [-0.05, 0) is 43.5 Å². The third kappa shape index (κ3) is 2.68. The number of carbonyl (C=O) groups excluding carboxylic acids is 1. The number of rotatable bonds is 3. The lowest BCUT2D eigenvalue weighted by atomic mass is 10.0. The number of nitrogens with zero attached hydrogens (tertiary/aromatic N) is 2. The molecule has 1 atom stereocenters. The second-order valence-electron chi connectivity index (χ2n) is 6.47. The van der Waals surface area contributed by atoms with Crippen molar-refractivity contribution in [2.45, 2.75) is 30.2 Å². The Morgan fingerprint density at radius 2 is 1.88 bits per heavy atom. The molecule has 6 nitrogen and oxygen atoms in total. The van der Waals surface area contributed by atoms with Crippen LogP contribution in [-0.2, 0) is 21.1 Å². The molecule has 1 N–H and O–H groups in total. The summed E-state index contributed by atoms with van der Waals surface area (Å²) in [5.74, 6) is -0.419. The van der Waals surface area contributed by atoms with Gasteiger partial charge in [-0.2, -0.15) is 0 Å². The largest absolute Gasteiger partial charge is 0.329 e. The van der Waals surface area contributed by atoms with Crippen molar-refractivity contribution in [2.75, 3.05) is 11.4 Å². The molecule has 1 aromatic heterocycles. The van der Waals surface area contributed by atoms with Crippen molar-refractivity contribution in [1.82, 2.24) is 9.97 Å². The Bertz CT molecular complexity index is 1060. The van der Waals surface area contributed by atoms with Crippen LogP contribution in [0.4, 0.5) is 5.69 Å². The lowest BCUT2D eigenvalue weighted by Gasteiger charge is -2.31. The summed E-state index contributed by atoms with van der Waals surface area (Å²) in [5.41, 5.74) is 3.07. The zero-order valence-corrected chi connectivity index (χ0v) is 15.2. The van der Waals surface area contributed by atoms with Crippen LogP contribution in [0.25, 0.3) is 11.0 Å². The number of aromatic nitrogens is 2. The van der Waals surface area contributed by atoms with Crippen molar-refractivity contribution in [1.29, 1.82) is 0 Å². The van der Waals surface area contributed by atoms with Gasteiger partial charge in [0.2, 0.25) is 20.9 Å². The number of sulfone groups is 1. The fraction of sp³-hybridized carbons (Fsp3) is 0.263. The zero-order chi connectivity index (χ0) is 18.3. The quantitative estimate of drug-likeness (QED) is 0.769. The van der Waals surface area contributed by atoms with Crippen LogP contribution >= 0.6 is 0 Å². The van der Waals surface area contributed by atoms with E-state index in [-0.39, 0.29) is 5.16 Å². The molecule has 0 aliphatic carbocycles. The maximum atomic E-state index is 13.0. The molecule has 134 valence electrons. The predicted molar refractivity (Wildman–Crippen MR) is 99.9 cm³/mol. The highest BCUT2D eigenvalue weighted by Gasteiger charge is 2.36. The Balaban J connectivity index is 1.68. The number of aromatic amines is 1. The standard InChI is InChI=1S/C19H19N3O3S/c1-13(18(23)22-12-6-8-14-7-2-5-11-17(14)22)26(24,25)19-20-15-9-3-4-10-16(15)21-19/h2-5,7,9-11,13H,6,8,12H2,1H3,(H,20,21)/t13-/m0/s1. The molecular formula is C19H19N3O3S. The zero-order valence-electron chi connectivity index (χ0n) is 14.3. The fourth-order valence-electron chi connectivity index (χ4n) is 3.35. The normalized spacial score (nSPS) is 15.7. The van der Waals surface area contributed by atoms with Gasteiger partial charge >= 0.3 is 0 Å². The summed E-state index contributed by atoms with van der Waals surface area (Å²) in [5, 5.41) is -1.38. The molecule has 4 rings (SSSR count). The number of aryl methyl sites for hydroxylation is 1. The summed E-state index contributed by atoms with van der Waals surface area (Å²) < 4.78 is 25.9. The van der Waals surface area contributed by atoms with Crippen LogP contribution in [0.3, 0.4) is 0 Å². The SMILES string of the molecule is C[C@@H](C(=O)N1CCCc2ccccc21)S(=O)(=O)c1nc2ccccc2[nH]1. The van der Waals surface area contributed by atoms with Crippen LogP contribution in [-0.4, -0.2) is 36.1 Å². The Morgan fingerprint density at radius 3 is 2.69 bits per heavy atom. The van der Waals surface area contributed by atoms with Crippen LogP contribution in [0.15, 0.2) is 53.7 Å². The summed E-state index contributed by atoms with van der Waals surface area (Å²) >= 11 is 0. The molecule has 1 amide bonds. The number of H-pyrrole nitrogens is 1. The lowest BCUT2D eigenvalue weighted by molar-refractivity contribution is -0.118. The average Bonchev–Trinajstić information content (AvgIpc) is 3.11. The minimum absolute atomic E-state index is 0.162. The van der Waals surface area contributed by atoms with E-state index in [9.17, 15) is 13.2 Å². The van der Waals surface area contributed by atoms with Crippen molar-refractivity contribution in [2.24, 2.45) is 0 Å². The highest BCUT2D eigenvalue weighted by Crippen LogP contribution is 2.29. The van der Waals surface area contributed by atoms with E-state index < -0.39 is 21.0 Å². The second-order valence-corrected chi connectivity index (χ2v) is 8.65. The van der Waals surface area contributed by atoms with Crippen molar-refractivity contribution in [3.8, 4) is 0 Å². The molecule has 26 heavy (non-hydrogen) atoms. The van der Waals surface area contributed by atoms with Crippen molar-refractivity contribution in [3.05, 3.63) is 54.1 Å². The average molecular weight is 369 g/mol. The summed E-state index contributed by atoms with van der Waals surface area (Å²) in [7, 11) is -3.91. The third-order valence-electron chi connectivity index (χ3n) is 4.83. The topological polar surface area (TPSA) is 83.1 Å². The van der Waals surface area contributed by atoms with Gasteiger partial charge < -0.3 is 9.88 Å². The Morgan fingerprint density at radius 1 is 1.15 bits per heavy atom. The van der Waals surface area contributed by atoms with Crippen LogP contribution < -0.4 is 4.90 Å². The molecule has 0 spiro atoms. The molecule has 2 aromatic carbocycles. The molecule has 0 unspecified atom stereocenters. The number of nitrogens with one attached hydrogen (secondary N) is 1. The first kappa shape index (κ1) is 16.8. The number of imidazole rings is 1. The third-order valence-corrected chi connectivity index (χ3v) is 6.69.